The molecule has 1 aromatic carbocycles. The summed E-state index contributed by atoms with van der Waals surface area (Å²) in [5, 5.41) is 12.8. The van der Waals surface area contributed by atoms with Crippen LogP contribution in [0.4, 0.5) is 0 Å². The Kier molecular flexibility index (Phi) is 3.83. The Morgan fingerprint density at radius 3 is 2.53 bits per heavy atom. The van der Waals surface area contributed by atoms with Gasteiger partial charge in [0.05, 0.1) is 5.56 Å². The second-order valence-electron chi connectivity index (χ2n) is 6.43. The van der Waals surface area contributed by atoms with Crippen LogP contribution in [0, 0.1) is 12.3 Å². The van der Waals surface area contributed by atoms with E-state index in [1.165, 1.54) is 0 Å². The number of rotatable bonds is 2. The van der Waals surface area contributed by atoms with Gasteiger partial charge in [-0.1, -0.05) is 19.9 Å². The van der Waals surface area contributed by atoms with Crippen molar-refractivity contribution >= 4 is 5.91 Å². The molecule has 1 saturated carbocycles. The Morgan fingerprint density at radius 1 is 1.32 bits per heavy atom. The van der Waals surface area contributed by atoms with Crippen molar-refractivity contribution in [3.63, 3.8) is 0 Å². The van der Waals surface area contributed by atoms with Crippen molar-refractivity contribution in [3.8, 4) is 5.75 Å². The van der Waals surface area contributed by atoms with E-state index >= 15 is 0 Å². The lowest BCUT2D eigenvalue weighted by Gasteiger charge is -2.34. The van der Waals surface area contributed by atoms with E-state index in [1.807, 2.05) is 13.0 Å². The molecule has 0 saturated heterocycles. The van der Waals surface area contributed by atoms with Crippen LogP contribution in [-0.2, 0) is 0 Å². The molecular formula is C16H23NO2. The summed E-state index contributed by atoms with van der Waals surface area (Å²) < 4.78 is 0. The highest BCUT2D eigenvalue weighted by Gasteiger charge is 2.28. The van der Waals surface area contributed by atoms with Gasteiger partial charge in [-0.05, 0) is 55.7 Å². The molecule has 19 heavy (non-hydrogen) atoms. The fourth-order valence-electron chi connectivity index (χ4n) is 2.64. The minimum absolute atomic E-state index is 0.0636. The van der Waals surface area contributed by atoms with E-state index in [1.54, 1.807) is 12.1 Å². The number of aromatic hydroxyl groups is 1. The molecule has 3 nitrogen and oxygen atoms in total. The van der Waals surface area contributed by atoms with E-state index in [2.05, 4.69) is 19.2 Å². The zero-order valence-electron chi connectivity index (χ0n) is 12.0. The van der Waals surface area contributed by atoms with Crippen molar-refractivity contribution in [2.45, 2.75) is 52.5 Å². The summed E-state index contributed by atoms with van der Waals surface area (Å²) in [6.07, 6.45) is 4.31. The second kappa shape index (κ2) is 5.24. The van der Waals surface area contributed by atoms with Crippen molar-refractivity contribution in [2.75, 3.05) is 0 Å². The summed E-state index contributed by atoms with van der Waals surface area (Å²) in [5.74, 6) is -0.101. The zero-order chi connectivity index (χ0) is 14.0. The fourth-order valence-corrected chi connectivity index (χ4v) is 2.64. The van der Waals surface area contributed by atoms with Crippen molar-refractivity contribution < 1.29 is 9.90 Å². The lowest BCUT2D eigenvalue weighted by atomic mass is 9.75. The van der Waals surface area contributed by atoms with Gasteiger partial charge < -0.3 is 10.4 Å². The van der Waals surface area contributed by atoms with Gasteiger partial charge in [-0.25, -0.2) is 0 Å². The van der Waals surface area contributed by atoms with Crippen LogP contribution in [0.25, 0.3) is 0 Å². The van der Waals surface area contributed by atoms with Crippen LogP contribution in [-0.4, -0.2) is 17.1 Å². The van der Waals surface area contributed by atoms with Crippen molar-refractivity contribution in [1.82, 2.24) is 5.32 Å². The average molecular weight is 261 g/mol. The van der Waals surface area contributed by atoms with E-state index in [4.69, 9.17) is 0 Å². The summed E-state index contributed by atoms with van der Waals surface area (Å²) in [6.45, 7) is 6.44. The molecule has 0 unspecified atom stereocenters. The number of carbonyl (C=O) groups excluding carboxylic acids is 1. The number of carbonyl (C=O) groups is 1. The van der Waals surface area contributed by atoms with Gasteiger partial charge >= 0.3 is 0 Å². The highest BCUT2D eigenvalue weighted by molar-refractivity contribution is 5.97. The molecule has 1 amide bonds. The van der Waals surface area contributed by atoms with Gasteiger partial charge in [0.25, 0.3) is 5.91 Å². The maximum absolute atomic E-state index is 12.1. The largest absolute Gasteiger partial charge is 0.507 e. The van der Waals surface area contributed by atoms with Crippen molar-refractivity contribution in [1.29, 1.82) is 0 Å². The monoisotopic (exact) mass is 261 g/mol. The quantitative estimate of drug-likeness (QED) is 0.857. The zero-order valence-corrected chi connectivity index (χ0v) is 12.0. The lowest BCUT2D eigenvalue weighted by Crippen LogP contribution is -2.39. The van der Waals surface area contributed by atoms with Crippen LogP contribution in [0.1, 0.15) is 55.5 Å². The molecule has 3 heteroatoms. The third kappa shape index (κ3) is 3.49. The van der Waals surface area contributed by atoms with Gasteiger partial charge in [-0.3, -0.25) is 4.79 Å². The van der Waals surface area contributed by atoms with Crippen LogP contribution < -0.4 is 5.32 Å². The molecule has 1 fully saturated rings. The Labute approximate surface area is 115 Å². The number of amides is 1. The maximum atomic E-state index is 12.1. The molecule has 0 aromatic heterocycles. The molecule has 0 heterocycles. The van der Waals surface area contributed by atoms with Gasteiger partial charge in [0.15, 0.2) is 0 Å². The first kappa shape index (κ1) is 13.9. The Bertz CT molecular complexity index is 470. The second-order valence-corrected chi connectivity index (χ2v) is 6.43. The average Bonchev–Trinajstić information content (AvgIpc) is 2.31. The normalized spacial score (nSPS) is 19.1. The minimum Gasteiger partial charge on any atom is -0.507 e. The predicted molar refractivity (Wildman–Crippen MR) is 76.3 cm³/mol. The highest BCUT2D eigenvalue weighted by atomic mass is 16.3. The molecule has 1 aliphatic rings. The predicted octanol–water partition coefficient (Wildman–Crippen LogP) is 3.40. The number of phenolic OH excluding ortho intramolecular Hbond substituents is 1. The van der Waals surface area contributed by atoms with Gasteiger partial charge in [0, 0.05) is 6.04 Å². The van der Waals surface area contributed by atoms with Crippen LogP contribution in [0.5, 0.6) is 5.75 Å². The van der Waals surface area contributed by atoms with E-state index < -0.39 is 0 Å². The number of hydrogen-bond acceptors (Lipinski definition) is 2. The smallest absolute Gasteiger partial charge is 0.255 e. The molecule has 2 rings (SSSR count). The molecule has 0 radical (unpaired) electrons. The SMILES string of the molecule is Cc1ccc(C(=O)NC2CCC(C)(C)CC2)c(O)c1. The molecule has 0 spiro atoms. The minimum atomic E-state index is -0.165. The van der Waals surface area contributed by atoms with Gasteiger partial charge in [-0.2, -0.15) is 0 Å². The summed E-state index contributed by atoms with van der Waals surface area (Å²) in [4.78, 5) is 12.1. The standard InChI is InChI=1S/C16H23NO2/c1-11-4-5-13(14(18)10-11)15(19)17-12-6-8-16(2,3)9-7-12/h4-5,10,12,18H,6-9H2,1-3H3,(H,17,19). The Balaban J connectivity index is 1.98. The summed E-state index contributed by atoms with van der Waals surface area (Å²) in [6, 6.07) is 5.39. The molecule has 0 aliphatic heterocycles. The number of benzene rings is 1. The molecule has 0 bridgehead atoms. The first-order chi connectivity index (χ1) is 8.87. The fraction of sp³-hybridized carbons (Fsp3) is 0.562. The number of hydrogen-bond donors (Lipinski definition) is 2. The summed E-state index contributed by atoms with van der Waals surface area (Å²) >= 11 is 0. The van der Waals surface area contributed by atoms with E-state index in [0.29, 0.717) is 11.0 Å². The van der Waals surface area contributed by atoms with Crippen LogP contribution >= 0.6 is 0 Å². The number of nitrogens with one attached hydrogen (secondary N) is 1. The number of phenols is 1. The van der Waals surface area contributed by atoms with Crippen LogP contribution in [0.3, 0.4) is 0 Å². The van der Waals surface area contributed by atoms with Crippen LogP contribution in [0.15, 0.2) is 18.2 Å². The molecular weight excluding hydrogens is 238 g/mol. The van der Waals surface area contributed by atoms with E-state index in [0.717, 1.165) is 31.2 Å². The molecule has 1 aliphatic carbocycles. The molecule has 104 valence electrons. The van der Waals surface area contributed by atoms with Crippen molar-refractivity contribution in [3.05, 3.63) is 29.3 Å². The lowest BCUT2D eigenvalue weighted by molar-refractivity contribution is 0.0906. The van der Waals surface area contributed by atoms with Gasteiger partial charge in [0.2, 0.25) is 0 Å². The third-order valence-corrected chi connectivity index (χ3v) is 4.07. The Hall–Kier alpha value is -1.51. The Morgan fingerprint density at radius 2 is 1.95 bits per heavy atom. The first-order valence-electron chi connectivity index (χ1n) is 6.98. The topological polar surface area (TPSA) is 49.3 Å². The van der Waals surface area contributed by atoms with Crippen LogP contribution in [0.2, 0.25) is 0 Å². The van der Waals surface area contributed by atoms with E-state index in [-0.39, 0.29) is 17.7 Å². The van der Waals surface area contributed by atoms with Gasteiger partial charge in [0.1, 0.15) is 5.75 Å². The van der Waals surface area contributed by atoms with E-state index in [9.17, 15) is 9.90 Å². The molecule has 0 atom stereocenters. The third-order valence-electron chi connectivity index (χ3n) is 4.07. The number of aryl methyl sites for hydroxylation is 1. The summed E-state index contributed by atoms with van der Waals surface area (Å²) in [7, 11) is 0. The maximum Gasteiger partial charge on any atom is 0.255 e. The highest BCUT2D eigenvalue weighted by Crippen LogP contribution is 2.35. The summed E-state index contributed by atoms with van der Waals surface area (Å²) in [5.41, 5.74) is 1.72. The molecule has 2 N–H and O–H groups in total. The first-order valence-corrected chi connectivity index (χ1v) is 6.98. The van der Waals surface area contributed by atoms with Crippen molar-refractivity contribution in [2.24, 2.45) is 5.41 Å². The van der Waals surface area contributed by atoms with Gasteiger partial charge in [-0.15, -0.1) is 0 Å². The molecule has 1 aromatic rings.